The van der Waals surface area contributed by atoms with Gasteiger partial charge in [-0.3, -0.25) is 0 Å². The van der Waals surface area contributed by atoms with E-state index in [2.05, 4.69) is 73.8 Å². The molecule has 176 valence electrons. The fourth-order valence-electron chi connectivity index (χ4n) is 3.83. The van der Waals surface area contributed by atoms with Crippen LogP contribution in [0.5, 0.6) is 0 Å². The minimum Gasteiger partial charge on any atom is -0.477 e. The monoisotopic (exact) mass is 439 g/mol. The van der Waals surface area contributed by atoms with Crippen molar-refractivity contribution in [2.75, 3.05) is 26.9 Å². The molecule has 1 aromatic carbocycles. The number of hydrogen-bond acceptors (Lipinski definition) is 5. The topological polar surface area (TPSA) is 54.5 Å². The smallest absolute Gasteiger partial charge is 0.182 e. The van der Waals surface area contributed by atoms with Crippen LogP contribution in [0.25, 0.3) is 0 Å². The molecule has 1 aliphatic rings. The summed E-state index contributed by atoms with van der Waals surface area (Å²) in [7, 11) is 1.67. The average molecular weight is 440 g/mol. The lowest BCUT2D eigenvalue weighted by Gasteiger charge is -2.27. The Hall–Kier alpha value is -2.66. The van der Waals surface area contributed by atoms with Crippen LogP contribution < -0.4 is 16.0 Å². The molecule has 0 saturated heterocycles. The normalized spacial score (nSPS) is 14.6. The van der Waals surface area contributed by atoms with Gasteiger partial charge < -0.3 is 25.4 Å². The Morgan fingerprint density at radius 3 is 2.34 bits per heavy atom. The lowest BCUT2D eigenvalue weighted by atomic mass is 10.0. The van der Waals surface area contributed by atoms with Gasteiger partial charge in [0.05, 0.1) is 12.6 Å². The van der Waals surface area contributed by atoms with Gasteiger partial charge in [-0.05, 0) is 54.9 Å². The summed E-state index contributed by atoms with van der Waals surface area (Å²) in [5.41, 5.74) is 5.58. The second-order valence-corrected chi connectivity index (χ2v) is 8.80. The van der Waals surface area contributed by atoms with E-state index in [1.165, 1.54) is 11.1 Å². The molecule has 1 aliphatic carbocycles. The van der Waals surface area contributed by atoms with Crippen LogP contribution >= 0.6 is 0 Å². The predicted octanol–water partition coefficient (Wildman–Crippen LogP) is 4.45. The number of methoxy groups -OCH3 is 1. The molecule has 0 bridgehead atoms. The molecule has 32 heavy (non-hydrogen) atoms. The maximum absolute atomic E-state index is 5.77. The summed E-state index contributed by atoms with van der Waals surface area (Å²) in [5, 5.41) is 10.5. The first-order valence-corrected chi connectivity index (χ1v) is 11.5. The number of ether oxygens (including phenoxy) is 2. The van der Waals surface area contributed by atoms with Gasteiger partial charge in [-0.15, -0.1) is 0 Å². The van der Waals surface area contributed by atoms with E-state index in [4.69, 9.17) is 9.47 Å². The van der Waals surface area contributed by atoms with Gasteiger partial charge >= 0.3 is 0 Å². The first kappa shape index (κ1) is 25.6. The summed E-state index contributed by atoms with van der Waals surface area (Å²) >= 11 is 0. The lowest BCUT2D eigenvalue weighted by Crippen LogP contribution is -2.38. The third kappa shape index (κ3) is 8.12. The van der Waals surface area contributed by atoms with Crippen molar-refractivity contribution in [3.8, 4) is 0 Å². The maximum Gasteiger partial charge on any atom is 0.182 e. The van der Waals surface area contributed by atoms with Crippen molar-refractivity contribution in [3.63, 3.8) is 0 Å². The van der Waals surface area contributed by atoms with E-state index in [1.54, 1.807) is 7.11 Å². The summed E-state index contributed by atoms with van der Waals surface area (Å²) in [5.74, 6) is 1.24. The second kappa shape index (κ2) is 13.0. The molecule has 0 aromatic heterocycles. The van der Waals surface area contributed by atoms with Crippen LogP contribution in [0.15, 0.2) is 72.9 Å². The number of nitrogens with one attached hydrogen (secondary N) is 3. The summed E-state index contributed by atoms with van der Waals surface area (Å²) in [6.45, 7) is 20.7. The minimum absolute atomic E-state index is 0.0436. The van der Waals surface area contributed by atoms with E-state index >= 15 is 0 Å². The molecule has 0 radical (unpaired) electrons. The van der Waals surface area contributed by atoms with Crippen molar-refractivity contribution in [1.82, 2.24) is 16.0 Å². The number of fused-ring (bicyclic) bond motifs is 1. The lowest BCUT2D eigenvalue weighted by molar-refractivity contribution is 0.0987. The third-order valence-electron chi connectivity index (χ3n) is 5.64. The van der Waals surface area contributed by atoms with Crippen molar-refractivity contribution in [2.45, 2.75) is 52.1 Å². The van der Waals surface area contributed by atoms with Crippen LogP contribution in [0.3, 0.4) is 0 Å². The highest BCUT2D eigenvalue weighted by molar-refractivity contribution is 5.35. The highest BCUT2D eigenvalue weighted by Crippen LogP contribution is 2.23. The van der Waals surface area contributed by atoms with Crippen molar-refractivity contribution in [2.24, 2.45) is 5.92 Å². The molecule has 0 spiro atoms. The molecule has 5 nitrogen and oxygen atoms in total. The van der Waals surface area contributed by atoms with Crippen LogP contribution in [-0.2, 0) is 22.3 Å². The standard InChI is InChI=1S/C27H41N3O2/c1-8-27(32-14-13-31-7)30-26(15-19(2)3)22(6)28-18-20(4)21(5)29-25-16-23-11-9-10-12-24(23)17-25/h8-12,19,25-26,28-30H,4-6,13-18H2,1-3,7H3. The van der Waals surface area contributed by atoms with Crippen LogP contribution in [-0.4, -0.2) is 39.0 Å². The van der Waals surface area contributed by atoms with Crippen molar-refractivity contribution in [1.29, 1.82) is 0 Å². The number of hydrogen-bond donors (Lipinski definition) is 3. The summed E-state index contributed by atoms with van der Waals surface area (Å²) in [6, 6.07) is 9.04. The van der Waals surface area contributed by atoms with Crippen molar-refractivity contribution >= 4 is 0 Å². The van der Waals surface area contributed by atoms with Crippen LogP contribution in [0.1, 0.15) is 38.3 Å². The van der Waals surface area contributed by atoms with Crippen LogP contribution in [0.2, 0.25) is 0 Å². The van der Waals surface area contributed by atoms with Gasteiger partial charge in [0.15, 0.2) is 5.88 Å². The summed E-state index contributed by atoms with van der Waals surface area (Å²) in [6.07, 6.45) is 4.92. The van der Waals surface area contributed by atoms with Gasteiger partial charge in [-0.25, -0.2) is 0 Å². The zero-order valence-electron chi connectivity index (χ0n) is 20.3. The van der Waals surface area contributed by atoms with E-state index in [9.17, 15) is 0 Å². The Morgan fingerprint density at radius 2 is 1.78 bits per heavy atom. The molecule has 1 atom stereocenters. The molecule has 0 saturated carbocycles. The van der Waals surface area contributed by atoms with E-state index in [0.717, 1.165) is 42.1 Å². The van der Waals surface area contributed by atoms with Gasteiger partial charge in [0.2, 0.25) is 0 Å². The highest BCUT2D eigenvalue weighted by Gasteiger charge is 2.21. The van der Waals surface area contributed by atoms with E-state index in [0.29, 0.717) is 31.7 Å². The maximum atomic E-state index is 5.77. The molecule has 1 unspecified atom stereocenters. The largest absolute Gasteiger partial charge is 0.477 e. The molecule has 1 aromatic rings. The molecular formula is C27H41N3O2. The molecule has 5 heteroatoms. The average Bonchev–Trinajstić information content (AvgIpc) is 3.17. The SMILES string of the molecule is C=C(CNC(=C)C(CC(C)C)NC(=CC)OCCOC)C(=C)NC1Cc2ccccc2C1. The fourth-order valence-corrected chi connectivity index (χ4v) is 3.83. The molecule has 3 N–H and O–H groups in total. The number of benzene rings is 1. The quantitative estimate of drug-likeness (QED) is 0.214. The van der Waals surface area contributed by atoms with Crippen molar-refractivity contribution in [3.05, 3.63) is 84.1 Å². The van der Waals surface area contributed by atoms with E-state index in [-0.39, 0.29) is 6.04 Å². The van der Waals surface area contributed by atoms with E-state index < -0.39 is 0 Å². The van der Waals surface area contributed by atoms with Crippen molar-refractivity contribution < 1.29 is 9.47 Å². The van der Waals surface area contributed by atoms with Gasteiger partial charge in [0.25, 0.3) is 0 Å². The first-order chi connectivity index (χ1) is 15.3. The van der Waals surface area contributed by atoms with Gasteiger partial charge in [-0.2, -0.15) is 0 Å². The Labute approximate surface area is 194 Å². The Kier molecular flexibility index (Phi) is 10.4. The Bertz CT molecular complexity index is 788. The zero-order chi connectivity index (χ0) is 23.5. The summed E-state index contributed by atoms with van der Waals surface area (Å²) < 4.78 is 10.8. The molecule has 0 heterocycles. The van der Waals surface area contributed by atoms with Gasteiger partial charge in [-0.1, -0.05) is 57.8 Å². The second-order valence-electron chi connectivity index (χ2n) is 8.80. The number of allylic oxidation sites excluding steroid dienone is 1. The molecule has 2 rings (SSSR count). The highest BCUT2D eigenvalue weighted by atomic mass is 16.5. The molecule has 0 fully saturated rings. The first-order valence-electron chi connectivity index (χ1n) is 11.5. The van der Waals surface area contributed by atoms with E-state index in [1.807, 2.05) is 13.0 Å². The molecule has 0 aliphatic heterocycles. The van der Waals surface area contributed by atoms with Crippen LogP contribution in [0, 0.1) is 5.92 Å². The molecule has 0 amide bonds. The fraction of sp³-hybridized carbons (Fsp3) is 0.481. The Morgan fingerprint density at radius 1 is 1.12 bits per heavy atom. The summed E-state index contributed by atoms with van der Waals surface area (Å²) in [4.78, 5) is 0. The molecular weight excluding hydrogens is 398 g/mol. The minimum atomic E-state index is 0.0436. The van der Waals surface area contributed by atoms with Crippen LogP contribution in [0.4, 0.5) is 0 Å². The number of rotatable bonds is 15. The van der Waals surface area contributed by atoms with Gasteiger partial charge in [0, 0.05) is 31.1 Å². The Balaban J connectivity index is 1.84. The predicted molar refractivity (Wildman–Crippen MR) is 134 cm³/mol. The van der Waals surface area contributed by atoms with Gasteiger partial charge in [0.1, 0.15) is 6.61 Å². The third-order valence-corrected chi connectivity index (χ3v) is 5.64. The zero-order valence-corrected chi connectivity index (χ0v) is 20.3.